The Morgan fingerprint density at radius 3 is 1.32 bits per heavy atom. The van der Waals surface area contributed by atoms with Crippen LogP contribution >= 0.6 is 0 Å². The Hall–Kier alpha value is -4.94. The molecule has 0 unspecified atom stereocenters. The van der Waals surface area contributed by atoms with E-state index in [1.165, 1.54) is 86.5 Å². The van der Waals surface area contributed by atoms with Crippen LogP contribution in [0.1, 0.15) is 0 Å². The summed E-state index contributed by atoms with van der Waals surface area (Å²) in [4.78, 5) is 0. The standard InChI is InChI=1S/C38H22/c1-2-12-27-23(7-1)8-3-13-28(27)29-21-22-34-32-16-5-10-25-18-17-24-9-4-14-30(35(24)36(25)32)31-15-6-11-26-19-20-33(29)38(34)37(26)31/h1-22H. The Balaban J connectivity index is 1.62. The molecule has 9 aromatic rings. The summed E-state index contributed by atoms with van der Waals surface area (Å²) in [5, 5.41) is 18.4. The van der Waals surface area contributed by atoms with Gasteiger partial charge in [-0.1, -0.05) is 133 Å². The molecule has 0 aromatic heterocycles. The predicted octanol–water partition coefficient (Wildman–Crippen LogP) is 10.9. The van der Waals surface area contributed by atoms with Crippen LogP contribution in [0.5, 0.6) is 0 Å². The summed E-state index contributed by atoms with van der Waals surface area (Å²) in [6.45, 7) is 0. The Morgan fingerprint density at radius 1 is 0.211 bits per heavy atom. The fourth-order valence-electron chi connectivity index (χ4n) is 6.97. The van der Waals surface area contributed by atoms with Crippen LogP contribution in [0.25, 0.3) is 86.5 Å². The maximum absolute atomic E-state index is 2.37. The van der Waals surface area contributed by atoms with Gasteiger partial charge in [0.15, 0.2) is 0 Å². The lowest BCUT2D eigenvalue weighted by molar-refractivity contribution is 1.71. The molecular formula is C38H22. The average molecular weight is 479 g/mol. The van der Waals surface area contributed by atoms with E-state index in [4.69, 9.17) is 0 Å². The molecule has 0 aliphatic rings. The predicted molar refractivity (Wildman–Crippen MR) is 166 cm³/mol. The highest BCUT2D eigenvalue weighted by molar-refractivity contribution is 6.37. The van der Waals surface area contributed by atoms with E-state index < -0.39 is 0 Å². The van der Waals surface area contributed by atoms with Gasteiger partial charge in [0.2, 0.25) is 0 Å². The molecule has 0 atom stereocenters. The van der Waals surface area contributed by atoms with Gasteiger partial charge >= 0.3 is 0 Å². The maximum Gasteiger partial charge on any atom is -0.00141 e. The van der Waals surface area contributed by atoms with Gasteiger partial charge in [-0.3, -0.25) is 0 Å². The molecule has 0 bridgehead atoms. The minimum atomic E-state index is 1.27. The van der Waals surface area contributed by atoms with Crippen molar-refractivity contribution >= 4 is 75.4 Å². The van der Waals surface area contributed by atoms with Crippen molar-refractivity contribution in [2.75, 3.05) is 0 Å². The first-order valence-electron chi connectivity index (χ1n) is 13.3. The first-order valence-corrected chi connectivity index (χ1v) is 13.3. The van der Waals surface area contributed by atoms with Crippen LogP contribution in [-0.4, -0.2) is 0 Å². The zero-order valence-corrected chi connectivity index (χ0v) is 20.7. The van der Waals surface area contributed by atoms with E-state index >= 15 is 0 Å². The van der Waals surface area contributed by atoms with E-state index in [0.29, 0.717) is 0 Å². The summed E-state index contributed by atoms with van der Waals surface area (Å²) in [6, 6.07) is 49.7. The van der Waals surface area contributed by atoms with Crippen LogP contribution < -0.4 is 0 Å². The molecule has 0 heteroatoms. The minimum Gasteiger partial charge on any atom is -0.0616 e. The summed E-state index contributed by atoms with van der Waals surface area (Å²) >= 11 is 0. The SMILES string of the molecule is c1ccc2c(-c3ccc4c5cccc6ccc7cccc(c8cccc9ccc3c4c98)c7c65)cccc2c1. The molecule has 0 nitrogen and oxygen atoms in total. The van der Waals surface area contributed by atoms with Gasteiger partial charge in [0.25, 0.3) is 0 Å². The van der Waals surface area contributed by atoms with Crippen LogP contribution in [0.3, 0.4) is 0 Å². The van der Waals surface area contributed by atoms with Gasteiger partial charge in [0, 0.05) is 0 Å². The number of fused-ring (bicyclic) bond motifs is 3. The van der Waals surface area contributed by atoms with Gasteiger partial charge < -0.3 is 0 Å². The highest BCUT2D eigenvalue weighted by atomic mass is 14.2. The van der Waals surface area contributed by atoms with Crippen molar-refractivity contribution in [2.45, 2.75) is 0 Å². The minimum absolute atomic E-state index is 1.27. The van der Waals surface area contributed by atoms with E-state index in [9.17, 15) is 0 Å². The highest BCUT2D eigenvalue weighted by Gasteiger charge is 2.17. The normalized spacial score (nSPS) is 12.2. The highest BCUT2D eigenvalue weighted by Crippen LogP contribution is 2.45. The third-order valence-electron chi connectivity index (χ3n) is 8.57. The molecule has 0 spiro atoms. The lowest BCUT2D eigenvalue weighted by atomic mass is 9.85. The molecule has 0 fully saturated rings. The van der Waals surface area contributed by atoms with Gasteiger partial charge in [0.1, 0.15) is 0 Å². The van der Waals surface area contributed by atoms with Crippen LogP contribution in [0, 0.1) is 0 Å². The lowest BCUT2D eigenvalue weighted by Gasteiger charge is -2.18. The molecule has 0 amide bonds. The summed E-state index contributed by atoms with van der Waals surface area (Å²) in [5.74, 6) is 0. The van der Waals surface area contributed by atoms with Crippen molar-refractivity contribution in [2.24, 2.45) is 0 Å². The molecule has 0 saturated heterocycles. The van der Waals surface area contributed by atoms with Crippen LogP contribution in [0.2, 0.25) is 0 Å². The largest absolute Gasteiger partial charge is 0.0616 e. The summed E-state index contributed by atoms with van der Waals surface area (Å²) in [5.41, 5.74) is 2.57. The first kappa shape index (κ1) is 20.2. The number of hydrogen-bond donors (Lipinski definition) is 0. The number of rotatable bonds is 1. The van der Waals surface area contributed by atoms with Gasteiger partial charge in [-0.15, -0.1) is 0 Å². The van der Waals surface area contributed by atoms with E-state index in [0.717, 1.165) is 0 Å². The molecule has 0 N–H and O–H groups in total. The number of hydrogen-bond acceptors (Lipinski definition) is 0. The quantitative estimate of drug-likeness (QED) is 0.206. The molecular weight excluding hydrogens is 456 g/mol. The second-order valence-electron chi connectivity index (χ2n) is 10.5. The average Bonchev–Trinajstić information content (AvgIpc) is 2.98. The lowest BCUT2D eigenvalue weighted by Crippen LogP contribution is -1.90. The molecule has 0 saturated carbocycles. The van der Waals surface area contributed by atoms with Gasteiger partial charge in [-0.25, -0.2) is 0 Å². The van der Waals surface area contributed by atoms with E-state index in [2.05, 4.69) is 133 Å². The van der Waals surface area contributed by atoms with Crippen molar-refractivity contribution in [1.29, 1.82) is 0 Å². The van der Waals surface area contributed by atoms with Gasteiger partial charge in [0.05, 0.1) is 0 Å². The van der Waals surface area contributed by atoms with Crippen LogP contribution in [0.15, 0.2) is 133 Å². The monoisotopic (exact) mass is 478 g/mol. The second-order valence-corrected chi connectivity index (χ2v) is 10.5. The zero-order valence-electron chi connectivity index (χ0n) is 20.7. The van der Waals surface area contributed by atoms with E-state index in [1.54, 1.807) is 0 Å². The molecule has 9 aromatic carbocycles. The van der Waals surface area contributed by atoms with Gasteiger partial charge in [-0.2, -0.15) is 0 Å². The van der Waals surface area contributed by atoms with E-state index in [-0.39, 0.29) is 0 Å². The van der Waals surface area contributed by atoms with Crippen molar-refractivity contribution < 1.29 is 0 Å². The summed E-state index contributed by atoms with van der Waals surface area (Å²) < 4.78 is 0. The van der Waals surface area contributed by atoms with Crippen LogP contribution in [0.4, 0.5) is 0 Å². The van der Waals surface area contributed by atoms with Gasteiger partial charge in [-0.05, 0) is 86.5 Å². The van der Waals surface area contributed by atoms with E-state index in [1.807, 2.05) is 0 Å². The zero-order chi connectivity index (χ0) is 24.8. The molecule has 38 heavy (non-hydrogen) atoms. The number of benzene rings is 8. The molecule has 9 rings (SSSR count). The molecule has 0 aliphatic heterocycles. The van der Waals surface area contributed by atoms with Crippen LogP contribution in [-0.2, 0) is 0 Å². The Labute approximate surface area is 219 Å². The van der Waals surface area contributed by atoms with Crippen molar-refractivity contribution in [3.8, 4) is 11.1 Å². The Bertz CT molecular complexity index is 2380. The Morgan fingerprint density at radius 2 is 0.632 bits per heavy atom. The second kappa shape index (κ2) is 7.31. The fourth-order valence-corrected chi connectivity index (χ4v) is 6.97. The summed E-state index contributed by atoms with van der Waals surface area (Å²) in [6.07, 6.45) is 0. The topological polar surface area (TPSA) is 0 Å². The fraction of sp³-hybridized carbons (Fsp3) is 0. The third kappa shape index (κ3) is 2.54. The molecule has 0 radical (unpaired) electrons. The molecule has 174 valence electrons. The smallest absolute Gasteiger partial charge is 0.00141 e. The third-order valence-corrected chi connectivity index (χ3v) is 8.57. The Kier molecular flexibility index (Phi) is 3.88. The summed E-state index contributed by atoms with van der Waals surface area (Å²) in [7, 11) is 0. The maximum atomic E-state index is 2.37. The first-order chi connectivity index (χ1) is 18.9. The van der Waals surface area contributed by atoms with Crippen molar-refractivity contribution in [1.82, 2.24) is 0 Å². The molecule has 0 heterocycles. The van der Waals surface area contributed by atoms with Crippen molar-refractivity contribution in [3.63, 3.8) is 0 Å². The van der Waals surface area contributed by atoms with Crippen molar-refractivity contribution in [3.05, 3.63) is 133 Å². The molecule has 0 aliphatic carbocycles.